The predicted molar refractivity (Wildman–Crippen MR) is 109 cm³/mol. The molecule has 1 aromatic carbocycles. The van der Waals surface area contributed by atoms with Crippen LogP contribution in [0.25, 0.3) is 5.32 Å². The Balaban J connectivity index is -0.000000464. The van der Waals surface area contributed by atoms with Gasteiger partial charge in [0.05, 0.1) is 7.11 Å². The van der Waals surface area contributed by atoms with Crippen molar-refractivity contribution in [1.82, 2.24) is 0 Å². The van der Waals surface area contributed by atoms with E-state index in [9.17, 15) is 4.79 Å². The number of methoxy groups -OCH3 is 1. The van der Waals surface area contributed by atoms with Crippen LogP contribution in [0.15, 0.2) is 36.0 Å². The first kappa shape index (κ1) is 29.1. The molecule has 0 atom stereocenters. The van der Waals surface area contributed by atoms with Crippen LogP contribution in [0.1, 0.15) is 40.2 Å². The minimum atomic E-state index is 0. The largest absolute Gasteiger partial charge is 2.00 e. The SMILES string of the molecule is CCP(CC)CC.COc1ccccc1C[N-]/C(C)=C\C(C)=O.[CH3-].[Pd+2]. The number of carbonyl (C=O) groups excluding carboxylic acids is 1. The van der Waals surface area contributed by atoms with E-state index in [-0.39, 0.29) is 33.6 Å². The van der Waals surface area contributed by atoms with Gasteiger partial charge in [-0.3, -0.25) is 4.79 Å². The van der Waals surface area contributed by atoms with Crippen molar-refractivity contribution in [1.29, 1.82) is 0 Å². The maximum atomic E-state index is 10.8. The maximum Gasteiger partial charge on any atom is 2.00 e. The molecule has 1 rings (SSSR count). The molecule has 25 heavy (non-hydrogen) atoms. The number of rotatable bonds is 8. The van der Waals surface area contributed by atoms with Crippen molar-refractivity contribution in [2.75, 3.05) is 25.6 Å². The zero-order valence-electron chi connectivity index (χ0n) is 16.7. The minimum absolute atomic E-state index is 0. The summed E-state index contributed by atoms with van der Waals surface area (Å²) in [6.45, 7) is 10.7. The second-order valence-electron chi connectivity index (χ2n) is 5.14. The van der Waals surface area contributed by atoms with Gasteiger partial charge in [0.15, 0.2) is 5.78 Å². The Hall–Kier alpha value is -0.678. The van der Waals surface area contributed by atoms with E-state index in [0.717, 1.165) is 17.0 Å². The van der Waals surface area contributed by atoms with Crippen molar-refractivity contribution < 1.29 is 30.0 Å². The van der Waals surface area contributed by atoms with Crippen LogP contribution in [-0.4, -0.2) is 31.4 Å². The van der Waals surface area contributed by atoms with Gasteiger partial charge in [0.25, 0.3) is 0 Å². The minimum Gasteiger partial charge on any atom is -0.684 e. The molecule has 3 nitrogen and oxygen atoms in total. The Morgan fingerprint density at radius 3 is 2.04 bits per heavy atom. The molecule has 0 aromatic heterocycles. The van der Waals surface area contributed by atoms with Gasteiger partial charge in [-0.25, -0.2) is 0 Å². The summed E-state index contributed by atoms with van der Waals surface area (Å²) in [6, 6.07) is 7.72. The van der Waals surface area contributed by atoms with Crippen molar-refractivity contribution in [3.05, 3.63) is 54.3 Å². The molecule has 5 heteroatoms. The molecule has 146 valence electrons. The van der Waals surface area contributed by atoms with E-state index in [1.54, 1.807) is 7.11 Å². The maximum absolute atomic E-state index is 10.8. The van der Waals surface area contributed by atoms with Gasteiger partial charge in [0.2, 0.25) is 0 Å². The standard InChI is InChI=1S/C13H17NO2.C6H15P.CH3.Pd/c1-10(8-11(2)15)14-9-12-6-4-5-7-13(12)16-3;1-4-7(5-2)6-3;;/h4-8H,9H2,1-3H3,(H,14,15);4-6H2,1-3H3;1H3;/q;;-1;+2/p-1. The van der Waals surface area contributed by atoms with Crippen LogP contribution in [0.2, 0.25) is 0 Å². The summed E-state index contributed by atoms with van der Waals surface area (Å²) in [6.07, 6.45) is 5.78. The number of ketones is 1. The molecule has 0 N–H and O–H groups in total. The number of nitrogens with zero attached hydrogens (tertiary/aromatic N) is 1. The molecule has 0 amide bonds. The van der Waals surface area contributed by atoms with E-state index in [1.807, 2.05) is 31.2 Å². The molecule has 0 heterocycles. The van der Waals surface area contributed by atoms with Crippen molar-refractivity contribution in [2.24, 2.45) is 0 Å². The summed E-state index contributed by atoms with van der Waals surface area (Å²) in [5.41, 5.74) is 1.75. The van der Waals surface area contributed by atoms with Crippen molar-refractivity contribution in [3.8, 4) is 5.75 Å². The molecule has 1 aromatic rings. The zero-order chi connectivity index (χ0) is 17.7. The van der Waals surface area contributed by atoms with E-state index in [1.165, 1.54) is 31.5 Å². The number of ether oxygens (including phenoxy) is 1. The average molecular weight is 458 g/mol. The van der Waals surface area contributed by atoms with Gasteiger partial charge >= 0.3 is 20.4 Å². The first-order valence-electron chi connectivity index (χ1n) is 8.18. The third-order valence-electron chi connectivity index (χ3n) is 3.45. The molecule has 0 unspecified atom stereocenters. The molecule has 0 radical (unpaired) electrons. The number of hydrogen-bond donors (Lipinski definition) is 0. The molecule has 0 aliphatic heterocycles. The Labute approximate surface area is 170 Å². The first-order valence-corrected chi connectivity index (χ1v) is 10.1. The van der Waals surface area contributed by atoms with E-state index < -0.39 is 0 Å². The second-order valence-corrected chi connectivity index (χ2v) is 8.38. The summed E-state index contributed by atoms with van der Waals surface area (Å²) >= 11 is 0. The zero-order valence-corrected chi connectivity index (χ0v) is 19.2. The third kappa shape index (κ3) is 14.2. The molecular formula is C20H34NO2PPd. The first-order chi connectivity index (χ1) is 11.0. The monoisotopic (exact) mass is 457 g/mol. The summed E-state index contributed by atoms with van der Waals surface area (Å²) < 4.78 is 5.21. The van der Waals surface area contributed by atoms with Gasteiger partial charge in [-0.15, -0.1) is 14.5 Å². The number of benzene rings is 1. The van der Waals surface area contributed by atoms with E-state index in [4.69, 9.17) is 4.74 Å². The van der Waals surface area contributed by atoms with Crippen LogP contribution in [0.4, 0.5) is 0 Å². The number of allylic oxidation sites excluding steroid dienone is 2. The summed E-state index contributed by atoms with van der Waals surface area (Å²) in [4.78, 5) is 10.8. The van der Waals surface area contributed by atoms with Gasteiger partial charge in [-0.1, -0.05) is 45.9 Å². The Kier molecular flexibility index (Phi) is 21.1. The normalized spacial score (nSPS) is 9.96. The van der Waals surface area contributed by atoms with Crippen LogP contribution in [0.5, 0.6) is 5.75 Å². The topological polar surface area (TPSA) is 40.4 Å². The Bertz CT molecular complexity index is 483. The number of hydrogen-bond acceptors (Lipinski definition) is 2. The van der Waals surface area contributed by atoms with Crippen molar-refractivity contribution in [3.63, 3.8) is 0 Å². The third-order valence-corrected chi connectivity index (χ3v) is 6.13. The fraction of sp³-hybridized carbons (Fsp3) is 0.500. The van der Waals surface area contributed by atoms with Gasteiger partial charge < -0.3 is 17.5 Å². The predicted octanol–water partition coefficient (Wildman–Crippen LogP) is 6.04. The molecule has 0 spiro atoms. The van der Waals surface area contributed by atoms with Gasteiger partial charge in [-0.2, -0.15) is 5.70 Å². The van der Waals surface area contributed by atoms with Gasteiger partial charge in [0.1, 0.15) is 5.75 Å². The smallest absolute Gasteiger partial charge is 0.684 e. The second kappa shape index (κ2) is 18.1. The van der Waals surface area contributed by atoms with Crippen LogP contribution in [0.3, 0.4) is 0 Å². The Morgan fingerprint density at radius 1 is 1.12 bits per heavy atom. The van der Waals surface area contributed by atoms with Crippen molar-refractivity contribution in [2.45, 2.75) is 41.2 Å². The molecule has 0 aliphatic rings. The van der Waals surface area contributed by atoms with Gasteiger partial charge in [0, 0.05) is 0 Å². The fourth-order valence-electron chi connectivity index (χ4n) is 2.05. The summed E-state index contributed by atoms with van der Waals surface area (Å²) in [7, 11) is 2.08. The molecule has 0 fully saturated rings. The van der Waals surface area contributed by atoms with E-state index in [2.05, 4.69) is 26.1 Å². The van der Waals surface area contributed by atoms with Crippen LogP contribution >= 0.6 is 7.92 Å². The van der Waals surface area contributed by atoms with E-state index >= 15 is 0 Å². The fourth-order valence-corrected chi connectivity index (χ4v) is 3.40. The Morgan fingerprint density at radius 2 is 1.64 bits per heavy atom. The molecule has 0 saturated carbocycles. The number of carbonyl (C=O) groups is 1. The molecular weight excluding hydrogens is 424 g/mol. The van der Waals surface area contributed by atoms with Crippen molar-refractivity contribution >= 4 is 13.7 Å². The quantitative estimate of drug-likeness (QED) is 0.207. The molecule has 0 aliphatic carbocycles. The van der Waals surface area contributed by atoms with Crippen LogP contribution in [0, 0.1) is 7.43 Å². The molecule has 0 bridgehead atoms. The summed E-state index contributed by atoms with van der Waals surface area (Å²) in [5.74, 6) is 0.836. The van der Waals surface area contributed by atoms with E-state index in [0.29, 0.717) is 14.5 Å². The van der Waals surface area contributed by atoms with Crippen LogP contribution < -0.4 is 4.74 Å². The van der Waals surface area contributed by atoms with Gasteiger partial charge in [-0.05, 0) is 43.1 Å². The summed E-state index contributed by atoms with van der Waals surface area (Å²) in [5, 5.41) is 4.30. The average Bonchev–Trinajstić information content (AvgIpc) is 2.55. The molecule has 0 saturated heterocycles. The van der Waals surface area contributed by atoms with Crippen LogP contribution in [-0.2, 0) is 31.8 Å². The number of para-hydroxylation sites is 1.